The van der Waals surface area contributed by atoms with E-state index in [0.29, 0.717) is 24.0 Å². The SMILES string of the molecule is CCOC=O.CN1C(=O)/C(=C/C2CCCCC2)c2ccc(Cl)cc21. The molecule has 1 aromatic carbocycles. The number of allylic oxidation sites excluding steroid dienone is 1. The first-order chi connectivity index (χ1) is 11.6. The van der Waals surface area contributed by atoms with E-state index in [1.807, 2.05) is 25.2 Å². The average Bonchev–Trinajstić information content (AvgIpc) is 2.82. The Labute approximate surface area is 148 Å². The molecule has 1 amide bonds. The van der Waals surface area contributed by atoms with E-state index in [0.717, 1.165) is 16.8 Å². The highest BCUT2D eigenvalue weighted by Gasteiger charge is 2.30. The van der Waals surface area contributed by atoms with Crippen LogP contribution in [-0.2, 0) is 14.3 Å². The van der Waals surface area contributed by atoms with Crippen molar-refractivity contribution in [1.29, 1.82) is 0 Å². The van der Waals surface area contributed by atoms with Gasteiger partial charge in [0.05, 0.1) is 12.3 Å². The molecule has 1 heterocycles. The normalized spacial score (nSPS) is 18.9. The summed E-state index contributed by atoms with van der Waals surface area (Å²) >= 11 is 6.02. The first kappa shape index (κ1) is 18.5. The number of ether oxygens (including phenoxy) is 1. The lowest BCUT2D eigenvalue weighted by Gasteiger charge is -2.18. The molecule has 130 valence electrons. The van der Waals surface area contributed by atoms with Gasteiger partial charge in [-0.2, -0.15) is 0 Å². The summed E-state index contributed by atoms with van der Waals surface area (Å²) in [5, 5.41) is 0.678. The minimum atomic E-state index is 0.0999. The second kappa shape index (κ2) is 8.88. The van der Waals surface area contributed by atoms with Crippen LogP contribution in [0, 0.1) is 5.92 Å². The Balaban J connectivity index is 0.000000368. The summed E-state index contributed by atoms with van der Waals surface area (Å²) in [6.07, 6.45) is 8.52. The average molecular weight is 350 g/mol. The fraction of sp³-hybridized carbons (Fsp3) is 0.474. The van der Waals surface area contributed by atoms with Crippen molar-refractivity contribution in [3.8, 4) is 0 Å². The zero-order valence-electron chi connectivity index (χ0n) is 14.3. The number of fused-ring (bicyclic) bond motifs is 1. The van der Waals surface area contributed by atoms with E-state index in [1.54, 1.807) is 11.8 Å². The Bertz CT molecular complexity index is 621. The first-order valence-corrected chi connectivity index (χ1v) is 8.81. The van der Waals surface area contributed by atoms with Crippen LogP contribution in [0.15, 0.2) is 24.3 Å². The zero-order valence-corrected chi connectivity index (χ0v) is 15.0. The second-order valence-electron chi connectivity index (χ2n) is 6.06. The highest BCUT2D eigenvalue weighted by atomic mass is 35.5. The topological polar surface area (TPSA) is 46.6 Å². The molecule has 0 aromatic heterocycles. The number of benzene rings is 1. The highest BCUT2D eigenvalue weighted by Crippen LogP contribution is 2.39. The number of anilines is 1. The van der Waals surface area contributed by atoms with Gasteiger partial charge in [-0.25, -0.2) is 0 Å². The van der Waals surface area contributed by atoms with Crippen LogP contribution in [0.5, 0.6) is 0 Å². The van der Waals surface area contributed by atoms with Crippen molar-refractivity contribution in [1.82, 2.24) is 0 Å². The van der Waals surface area contributed by atoms with E-state index in [4.69, 9.17) is 11.6 Å². The van der Waals surface area contributed by atoms with E-state index in [2.05, 4.69) is 10.8 Å². The van der Waals surface area contributed by atoms with Crippen molar-refractivity contribution in [2.24, 2.45) is 5.92 Å². The van der Waals surface area contributed by atoms with Crippen LogP contribution < -0.4 is 4.90 Å². The molecule has 0 spiro atoms. The maximum atomic E-state index is 12.4. The first-order valence-electron chi connectivity index (χ1n) is 8.43. The van der Waals surface area contributed by atoms with Crippen LogP contribution in [0.1, 0.15) is 44.6 Å². The van der Waals surface area contributed by atoms with Gasteiger partial charge in [-0.3, -0.25) is 9.59 Å². The summed E-state index contributed by atoms with van der Waals surface area (Å²) in [5.41, 5.74) is 2.82. The zero-order chi connectivity index (χ0) is 17.5. The predicted molar refractivity (Wildman–Crippen MR) is 97.1 cm³/mol. The predicted octanol–water partition coefficient (Wildman–Crippen LogP) is 4.46. The largest absolute Gasteiger partial charge is 0.468 e. The monoisotopic (exact) mass is 349 g/mol. The van der Waals surface area contributed by atoms with Gasteiger partial charge < -0.3 is 9.64 Å². The van der Waals surface area contributed by atoms with Gasteiger partial charge in [0.1, 0.15) is 0 Å². The molecule has 5 heteroatoms. The van der Waals surface area contributed by atoms with Crippen molar-refractivity contribution in [2.75, 3.05) is 18.6 Å². The van der Waals surface area contributed by atoms with Gasteiger partial charge in [-0.15, -0.1) is 0 Å². The van der Waals surface area contributed by atoms with Gasteiger partial charge in [0.15, 0.2) is 0 Å². The Morgan fingerprint density at radius 1 is 1.29 bits per heavy atom. The van der Waals surface area contributed by atoms with Gasteiger partial charge in [-0.05, 0) is 37.8 Å². The number of rotatable bonds is 3. The fourth-order valence-corrected chi connectivity index (χ4v) is 3.35. The minimum Gasteiger partial charge on any atom is -0.468 e. The van der Waals surface area contributed by atoms with Crippen LogP contribution in [0.3, 0.4) is 0 Å². The van der Waals surface area contributed by atoms with Crippen LogP contribution >= 0.6 is 11.6 Å². The summed E-state index contributed by atoms with van der Waals surface area (Å²) in [6, 6.07) is 5.70. The molecule has 2 aliphatic rings. The Morgan fingerprint density at radius 2 is 2.00 bits per heavy atom. The number of carbonyl (C=O) groups excluding carboxylic acids is 2. The molecule has 0 bridgehead atoms. The second-order valence-corrected chi connectivity index (χ2v) is 6.49. The lowest BCUT2D eigenvalue weighted by Crippen LogP contribution is -2.20. The Morgan fingerprint density at radius 3 is 2.58 bits per heavy atom. The molecule has 24 heavy (non-hydrogen) atoms. The van der Waals surface area contributed by atoms with Crippen LogP contribution in [0.4, 0.5) is 5.69 Å². The molecular weight excluding hydrogens is 326 g/mol. The van der Waals surface area contributed by atoms with Crippen molar-refractivity contribution >= 4 is 35.2 Å². The summed E-state index contributed by atoms with van der Waals surface area (Å²) in [5.74, 6) is 0.658. The summed E-state index contributed by atoms with van der Waals surface area (Å²) < 4.78 is 4.15. The summed E-state index contributed by atoms with van der Waals surface area (Å²) in [4.78, 5) is 23.2. The van der Waals surface area contributed by atoms with Crippen molar-refractivity contribution in [3.05, 3.63) is 34.9 Å². The molecule has 1 fully saturated rings. The molecule has 0 unspecified atom stereocenters. The van der Waals surface area contributed by atoms with Gasteiger partial charge >= 0.3 is 0 Å². The Hall–Kier alpha value is -1.81. The van der Waals surface area contributed by atoms with E-state index in [-0.39, 0.29) is 5.91 Å². The number of halogens is 1. The maximum Gasteiger partial charge on any atom is 0.293 e. The van der Waals surface area contributed by atoms with E-state index in [9.17, 15) is 9.59 Å². The Kier molecular flexibility index (Phi) is 6.85. The van der Waals surface area contributed by atoms with Gasteiger partial charge in [0.2, 0.25) is 0 Å². The molecule has 4 nitrogen and oxygen atoms in total. The van der Waals surface area contributed by atoms with E-state index in [1.165, 1.54) is 32.1 Å². The maximum absolute atomic E-state index is 12.4. The number of likely N-dealkylation sites (N-methyl/N-ethyl adjacent to an activating group) is 1. The molecule has 0 saturated heterocycles. The van der Waals surface area contributed by atoms with Gasteiger partial charge in [0, 0.05) is 23.2 Å². The number of carbonyl (C=O) groups is 2. The third kappa shape index (κ3) is 4.38. The van der Waals surface area contributed by atoms with E-state index >= 15 is 0 Å². The minimum absolute atomic E-state index is 0.0999. The van der Waals surface area contributed by atoms with Crippen LogP contribution in [-0.4, -0.2) is 26.0 Å². The summed E-state index contributed by atoms with van der Waals surface area (Å²) in [6.45, 7) is 2.66. The standard InChI is InChI=1S/C16H18ClNO.C3H6O2/c1-18-15-10-12(17)7-8-13(15)14(16(18)19)9-11-5-3-2-4-6-11;1-2-5-3-4/h7-11H,2-6H2,1H3;3H,2H2,1H3/b14-9+;. The van der Waals surface area contributed by atoms with Crippen LogP contribution in [0.25, 0.3) is 5.57 Å². The molecule has 1 aliphatic heterocycles. The highest BCUT2D eigenvalue weighted by molar-refractivity contribution is 6.35. The molecule has 0 radical (unpaired) electrons. The molecular formula is C19H24ClNO3. The molecule has 1 aliphatic carbocycles. The summed E-state index contributed by atoms with van der Waals surface area (Å²) in [7, 11) is 1.82. The molecule has 1 saturated carbocycles. The van der Waals surface area contributed by atoms with E-state index < -0.39 is 0 Å². The molecule has 3 rings (SSSR count). The third-order valence-electron chi connectivity index (χ3n) is 4.43. The lowest BCUT2D eigenvalue weighted by molar-refractivity contribution is -0.128. The lowest BCUT2D eigenvalue weighted by atomic mass is 9.87. The van der Waals surface area contributed by atoms with Crippen molar-refractivity contribution in [3.63, 3.8) is 0 Å². The number of amides is 1. The fourth-order valence-electron chi connectivity index (χ4n) is 3.18. The van der Waals surface area contributed by atoms with Gasteiger partial charge in [0.25, 0.3) is 12.4 Å². The smallest absolute Gasteiger partial charge is 0.293 e. The molecule has 0 N–H and O–H groups in total. The number of hydrogen-bond donors (Lipinski definition) is 0. The molecule has 1 aromatic rings. The van der Waals surface area contributed by atoms with Gasteiger partial charge in [-0.1, -0.05) is 43.0 Å². The molecule has 0 atom stereocenters. The third-order valence-corrected chi connectivity index (χ3v) is 4.67. The quantitative estimate of drug-likeness (QED) is 0.598. The number of hydrogen-bond acceptors (Lipinski definition) is 3. The number of nitrogens with zero attached hydrogens (tertiary/aromatic N) is 1. The van der Waals surface area contributed by atoms with Crippen LogP contribution in [0.2, 0.25) is 5.02 Å². The van der Waals surface area contributed by atoms with Crippen molar-refractivity contribution in [2.45, 2.75) is 39.0 Å². The van der Waals surface area contributed by atoms with Crippen molar-refractivity contribution < 1.29 is 14.3 Å².